The monoisotopic (exact) mass is 241 g/mol. The summed E-state index contributed by atoms with van der Waals surface area (Å²) in [7, 11) is -4.36. The summed E-state index contributed by atoms with van der Waals surface area (Å²) < 4.78 is 30.9. The molecular formula is C7H8NNaO5S. The molecule has 3 N–H and O–H groups in total. The van der Waals surface area contributed by atoms with Gasteiger partial charge in [0.1, 0.15) is 0 Å². The van der Waals surface area contributed by atoms with Gasteiger partial charge in [0.2, 0.25) is 0 Å². The zero-order chi connectivity index (χ0) is 10.8. The van der Waals surface area contributed by atoms with E-state index in [1.807, 2.05) is 0 Å². The quantitative estimate of drug-likeness (QED) is 0.408. The van der Waals surface area contributed by atoms with E-state index in [-0.39, 0.29) is 42.2 Å². The predicted molar refractivity (Wildman–Crippen MR) is 49.7 cm³/mol. The molecule has 0 aliphatic rings. The van der Waals surface area contributed by atoms with Crippen LogP contribution in [0, 0.1) is 0 Å². The van der Waals surface area contributed by atoms with Crippen LogP contribution >= 0.6 is 0 Å². The van der Waals surface area contributed by atoms with Crippen LogP contribution in [0.2, 0.25) is 0 Å². The zero-order valence-electron chi connectivity index (χ0n) is 8.84. The van der Waals surface area contributed by atoms with Crippen LogP contribution in [0.5, 0.6) is 0 Å². The summed E-state index contributed by atoms with van der Waals surface area (Å²) in [5.41, 5.74) is -0.0777. The summed E-state index contributed by atoms with van der Waals surface area (Å²) in [6, 6.07) is 5.07. The topological polar surface area (TPSA) is 104 Å². The molecule has 15 heavy (non-hydrogen) atoms. The largest absolute Gasteiger partial charge is 1.00 e. The Morgan fingerprint density at radius 1 is 1.40 bits per heavy atom. The Morgan fingerprint density at radius 3 is 2.47 bits per heavy atom. The van der Waals surface area contributed by atoms with Crippen molar-refractivity contribution < 1.29 is 53.9 Å². The molecule has 0 unspecified atom stereocenters. The molecule has 8 heteroatoms. The molecule has 0 saturated heterocycles. The van der Waals surface area contributed by atoms with Crippen molar-refractivity contribution in [3.05, 3.63) is 29.8 Å². The van der Waals surface area contributed by atoms with Gasteiger partial charge >= 0.3 is 45.8 Å². The molecule has 0 aliphatic heterocycles. The molecule has 1 aromatic rings. The minimum atomic E-state index is -4.36. The summed E-state index contributed by atoms with van der Waals surface area (Å²) in [4.78, 5) is 10.5. The van der Waals surface area contributed by atoms with E-state index in [9.17, 15) is 13.2 Å². The molecule has 1 rings (SSSR count). The van der Waals surface area contributed by atoms with Crippen molar-refractivity contribution in [3.63, 3.8) is 0 Å². The third-order valence-electron chi connectivity index (χ3n) is 1.36. The Morgan fingerprint density at radius 2 is 2.00 bits per heavy atom. The van der Waals surface area contributed by atoms with Crippen LogP contribution in [0.3, 0.4) is 0 Å². The van der Waals surface area contributed by atoms with E-state index in [1.165, 1.54) is 18.2 Å². The smallest absolute Gasteiger partial charge is 1.00 e. The van der Waals surface area contributed by atoms with Gasteiger partial charge in [-0.15, -0.1) is 0 Å². The number of carboxylic acids is 1. The van der Waals surface area contributed by atoms with E-state index in [4.69, 9.17) is 9.66 Å². The van der Waals surface area contributed by atoms with Crippen molar-refractivity contribution in [2.24, 2.45) is 0 Å². The van der Waals surface area contributed by atoms with Gasteiger partial charge in [-0.2, -0.15) is 8.42 Å². The fourth-order valence-corrected chi connectivity index (χ4v) is 1.29. The van der Waals surface area contributed by atoms with Gasteiger partial charge in [-0.3, -0.25) is 9.27 Å². The Balaban J connectivity index is 0. The van der Waals surface area contributed by atoms with Gasteiger partial charge in [0.05, 0.1) is 11.3 Å². The molecule has 78 valence electrons. The number of anilines is 1. The Labute approximate surface area is 110 Å². The van der Waals surface area contributed by atoms with Gasteiger partial charge in [-0.05, 0) is 18.2 Å². The normalized spacial score (nSPS) is 10.2. The second-order valence-corrected chi connectivity index (χ2v) is 3.62. The molecular weight excluding hydrogens is 233 g/mol. The van der Waals surface area contributed by atoms with Crippen molar-refractivity contribution >= 4 is 22.0 Å². The van der Waals surface area contributed by atoms with Crippen LogP contribution in [0.1, 0.15) is 11.8 Å². The number of nitrogens with one attached hydrogen (secondary N) is 1. The first kappa shape index (κ1) is 14.4. The maximum Gasteiger partial charge on any atom is 1.00 e. The van der Waals surface area contributed by atoms with Crippen LogP contribution in [-0.2, 0) is 10.3 Å². The maximum atomic E-state index is 10.5. The molecule has 0 saturated carbocycles. The number of carbonyl (C=O) groups is 1. The molecule has 0 spiro atoms. The molecule has 0 fully saturated rings. The van der Waals surface area contributed by atoms with Crippen LogP contribution in [0.4, 0.5) is 5.69 Å². The first-order valence-corrected chi connectivity index (χ1v) is 4.91. The second-order valence-electron chi connectivity index (χ2n) is 2.46. The van der Waals surface area contributed by atoms with E-state index < -0.39 is 16.3 Å². The number of benzene rings is 1. The molecule has 0 aliphatic carbocycles. The van der Waals surface area contributed by atoms with Gasteiger partial charge in [-0.1, -0.05) is 6.07 Å². The number of hydrogen-bond donors (Lipinski definition) is 3. The minimum Gasteiger partial charge on any atom is -1.00 e. The molecule has 0 amide bonds. The van der Waals surface area contributed by atoms with Gasteiger partial charge < -0.3 is 6.53 Å². The number of aromatic carboxylic acids is 1. The Kier molecular flexibility index (Phi) is 5.26. The summed E-state index contributed by atoms with van der Waals surface area (Å²) in [6.07, 6.45) is 0. The molecule has 0 atom stereocenters. The maximum absolute atomic E-state index is 10.5. The van der Waals surface area contributed by atoms with Crippen molar-refractivity contribution in [1.29, 1.82) is 0 Å². The minimum absolute atomic E-state index is 0. The van der Waals surface area contributed by atoms with E-state index in [2.05, 4.69) is 0 Å². The average molecular weight is 241 g/mol. The van der Waals surface area contributed by atoms with Gasteiger partial charge in [-0.25, -0.2) is 4.79 Å². The Bertz CT molecular complexity index is 464. The van der Waals surface area contributed by atoms with E-state index in [0.29, 0.717) is 0 Å². The fraction of sp³-hybridized carbons (Fsp3) is 0. The third-order valence-corrected chi connectivity index (χ3v) is 1.85. The van der Waals surface area contributed by atoms with E-state index in [0.717, 1.165) is 6.07 Å². The number of carboxylic acid groups (broad SMARTS) is 1. The number of rotatable bonds is 3. The van der Waals surface area contributed by atoms with Crippen molar-refractivity contribution in [2.75, 3.05) is 4.72 Å². The van der Waals surface area contributed by atoms with Crippen molar-refractivity contribution in [2.45, 2.75) is 0 Å². The third kappa shape index (κ3) is 5.14. The first-order valence-electron chi connectivity index (χ1n) is 3.47. The fourth-order valence-electron chi connectivity index (χ4n) is 0.865. The molecule has 0 heterocycles. The summed E-state index contributed by atoms with van der Waals surface area (Å²) >= 11 is 0. The molecule has 0 aromatic heterocycles. The summed E-state index contributed by atoms with van der Waals surface area (Å²) in [5.74, 6) is -1.18. The van der Waals surface area contributed by atoms with Crippen LogP contribution in [0.25, 0.3) is 0 Å². The van der Waals surface area contributed by atoms with Gasteiger partial charge in [0.25, 0.3) is 0 Å². The van der Waals surface area contributed by atoms with Crippen LogP contribution < -0.4 is 34.3 Å². The van der Waals surface area contributed by atoms with Gasteiger partial charge in [0, 0.05) is 0 Å². The standard InChI is InChI=1S/C7H7NO5S.Na.H/c9-7(10)5-2-1-3-6(4-5)8-14(11,12)13;;/h1-4,8H,(H,9,10)(H,11,12,13);;/q;+1;-1. The summed E-state index contributed by atoms with van der Waals surface area (Å²) in [5, 5.41) is 8.57. The van der Waals surface area contributed by atoms with Gasteiger partial charge in [0.15, 0.2) is 0 Å². The molecule has 0 radical (unpaired) electrons. The Hall–Kier alpha value is -0.600. The molecule has 0 bridgehead atoms. The van der Waals surface area contributed by atoms with Crippen molar-refractivity contribution in [3.8, 4) is 0 Å². The zero-order valence-corrected chi connectivity index (χ0v) is 10.7. The molecule has 1 aromatic carbocycles. The SMILES string of the molecule is O=C(O)c1cccc(NS(=O)(=O)O)c1.[H-].[Na+]. The van der Waals surface area contributed by atoms with Crippen molar-refractivity contribution in [1.82, 2.24) is 0 Å². The van der Waals surface area contributed by atoms with E-state index >= 15 is 0 Å². The summed E-state index contributed by atoms with van der Waals surface area (Å²) in [6.45, 7) is 0. The van der Waals surface area contributed by atoms with Crippen LogP contribution in [0.15, 0.2) is 24.3 Å². The van der Waals surface area contributed by atoms with E-state index in [1.54, 1.807) is 4.72 Å². The predicted octanol–water partition coefficient (Wildman–Crippen LogP) is -2.28. The van der Waals surface area contributed by atoms with Crippen LogP contribution in [-0.4, -0.2) is 24.0 Å². The first-order chi connectivity index (χ1) is 6.38. The molecule has 6 nitrogen and oxygen atoms in total. The number of hydrogen-bond acceptors (Lipinski definition) is 3. The average Bonchev–Trinajstić information content (AvgIpc) is 2.01. The second kappa shape index (κ2) is 5.47.